The first-order valence-electron chi connectivity index (χ1n) is 7.29. The molecule has 0 amide bonds. The molecule has 112 valence electrons. The second-order valence-electron chi connectivity index (χ2n) is 5.03. The maximum Gasteiger partial charge on any atom is 0.179 e. The van der Waals surface area contributed by atoms with Gasteiger partial charge in [-0.1, -0.05) is 6.92 Å². The molecule has 0 saturated carbocycles. The van der Waals surface area contributed by atoms with Crippen molar-refractivity contribution in [2.75, 3.05) is 13.1 Å². The smallest absolute Gasteiger partial charge is 0.179 e. The second kappa shape index (κ2) is 7.61. The molecule has 0 aliphatic heterocycles. The minimum atomic E-state index is 0.683. The third kappa shape index (κ3) is 4.08. The molecule has 0 aliphatic rings. The molecule has 0 saturated heterocycles. The van der Waals surface area contributed by atoms with Gasteiger partial charge in [0.2, 0.25) is 0 Å². The highest BCUT2D eigenvalue weighted by atomic mass is 79.9. The van der Waals surface area contributed by atoms with Crippen LogP contribution in [-0.2, 0) is 6.42 Å². The third-order valence-corrected chi connectivity index (χ3v) is 4.01. The summed E-state index contributed by atoms with van der Waals surface area (Å²) in [5.74, 6) is 0.683. The molecule has 2 rings (SSSR count). The molecule has 0 unspecified atom stereocenters. The van der Waals surface area contributed by atoms with E-state index in [0.717, 1.165) is 47.5 Å². The van der Waals surface area contributed by atoms with Crippen LogP contribution in [0.15, 0.2) is 22.8 Å². The van der Waals surface area contributed by atoms with Gasteiger partial charge < -0.3 is 5.32 Å². The van der Waals surface area contributed by atoms with Crippen LogP contribution < -0.4 is 5.32 Å². The van der Waals surface area contributed by atoms with Crippen LogP contribution in [0.5, 0.6) is 0 Å². The Morgan fingerprint density at radius 1 is 1.14 bits per heavy atom. The summed E-state index contributed by atoms with van der Waals surface area (Å²) >= 11 is 3.51. The fourth-order valence-electron chi connectivity index (χ4n) is 2.27. The summed E-state index contributed by atoms with van der Waals surface area (Å²) in [4.78, 5) is 13.6. The number of nitrogens with one attached hydrogen (secondary N) is 1. The van der Waals surface area contributed by atoms with Gasteiger partial charge in [-0.25, -0.2) is 9.97 Å². The van der Waals surface area contributed by atoms with Crippen molar-refractivity contribution in [1.29, 1.82) is 0 Å². The summed E-state index contributed by atoms with van der Waals surface area (Å²) < 4.78 is 0.918. The Balaban J connectivity index is 2.23. The highest BCUT2D eigenvalue weighted by Gasteiger charge is 2.12. The summed E-state index contributed by atoms with van der Waals surface area (Å²) in [6.45, 7) is 8.28. The minimum Gasteiger partial charge on any atom is -0.316 e. The molecule has 2 heterocycles. The number of aryl methyl sites for hydroxylation is 2. The highest BCUT2D eigenvalue weighted by Crippen LogP contribution is 2.24. The zero-order chi connectivity index (χ0) is 15.2. The Kier molecular flexibility index (Phi) is 5.82. The molecule has 21 heavy (non-hydrogen) atoms. The molecule has 0 aliphatic carbocycles. The van der Waals surface area contributed by atoms with Crippen molar-refractivity contribution in [2.45, 2.75) is 33.6 Å². The molecule has 0 aromatic carbocycles. The Bertz CT molecular complexity index is 590. The van der Waals surface area contributed by atoms with Crippen LogP contribution >= 0.6 is 15.9 Å². The van der Waals surface area contributed by atoms with E-state index in [1.807, 2.05) is 26.0 Å². The van der Waals surface area contributed by atoms with Crippen LogP contribution in [0.3, 0.4) is 0 Å². The summed E-state index contributed by atoms with van der Waals surface area (Å²) in [6.07, 6.45) is 3.87. The first kappa shape index (κ1) is 16.0. The quantitative estimate of drug-likeness (QED) is 0.812. The van der Waals surface area contributed by atoms with E-state index >= 15 is 0 Å². The van der Waals surface area contributed by atoms with Crippen molar-refractivity contribution >= 4 is 15.9 Å². The van der Waals surface area contributed by atoms with E-state index in [0.29, 0.717) is 5.82 Å². The van der Waals surface area contributed by atoms with E-state index in [1.54, 1.807) is 6.20 Å². The Morgan fingerprint density at radius 3 is 2.48 bits per heavy atom. The Hall–Kier alpha value is -1.33. The van der Waals surface area contributed by atoms with Gasteiger partial charge in [-0.05, 0) is 73.4 Å². The van der Waals surface area contributed by atoms with Crippen molar-refractivity contribution in [3.63, 3.8) is 0 Å². The van der Waals surface area contributed by atoms with Crippen LogP contribution in [0, 0.1) is 13.8 Å². The fourth-order valence-corrected chi connectivity index (χ4v) is 2.70. The number of hydrogen-bond acceptors (Lipinski definition) is 4. The van der Waals surface area contributed by atoms with Crippen LogP contribution in [0.4, 0.5) is 0 Å². The van der Waals surface area contributed by atoms with Crippen molar-refractivity contribution in [3.8, 4) is 11.5 Å². The SMILES string of the molecule is CCCNCCc1c(C)nc(-c2ncccc2Br)nc1C. The van der Waals surface area contributed by atoms with Crippen LogP contribution in [0.2, 0.25) is 0 Å². The lowest BCUT2D eigenvalue weighted by Gasteiger charge is -2.11. The van der Waals surface area contributed by atoms with Crippen molar-refractivity contribution in [1.82, 2.24) is 20.3 Å². The predicted octanol–water partition coefficient (Wildman–Crippen LogP) is 3.46. The standard InChI is InChI=1S/C16H21BrN4/c1-4-8-18-10-7-13-11(2)20-16(21-12(13)3)15-14(17)6-5-9-19-15/h5-6,9,18H,4,7-8,10H2,1-3H3. The van der Waals surface area contributed by atoms with Crippen molar-refractivity contribution in [3.05, 3.63) is 39.8 Å². The number of rotatable bonds is 6. The summed E-state index contributed by atoms with van der Waals surface area (Å²) in [6, 6.07) is 3.85. The number of halogens is 1. The minimum absolute atomic E-state index is 0.683. The molecule has 4 nitrogen and oxygen atoms in total. The van der Waals surface area contributed by atoms with E-state index in [2.05, 4.69) is 43.1 Å². The summed E-state index contributed by atoms with van der Waals surface area (Å²) in [5, 5.41) is 3.42. The zero-order valence-corrected chi connectivity index (χ0v) is 14.4. The molecular formula is C16H21BrN4. The molecule has 0 bridgehead atoms. The van der Waals surface area contributed by atoms with Gasteiger partial charge in [0.15, 0.2) is 5.82 Å². The fraction of sp³-hybridized carbons (Fsp3) is 0.438. The number of nitrogens with zero attached hydrogens (tertiary/aromatic N) is 3. The maximum atomic E-state index is 4.63. The van der Waals surface area contributed by atoms with Gasteiger partial charge in [0, 0.05) is 22.1 Å². The maximum absolute atomic E-state index is 4.63. The van der Waals surface area contributed by atoms with E-state index < -0.39 is 0 Å². The lowest BCUT2D eigenvalue weighted by Crippen LogP contribution is -2.19. The van der Waals surface area contributed by atoms with Gasteiger partial charge >= 0.3 is 0 Å². The topological polar surface area (TPSA) is 50.7 Å². The zero-order valence-electron chi connectivity index (χ0n) is 12.8. The number of hydrogen-bond donors (Lipinski definition) is 1. The van der Waals surface area contributed by atoms with E-state index in [-0.39, 0.29) is 0 Å². The molecule has 0 spiro atoms. The van der Waals surface area contributed by atoms with Gasteiger partial charge in [-0.15, -0.1) is 0 Å². The monoisotopic (exact) mass is 348 g/mol. The van der Waals surface area contributed by atoms with Gasteiger partial charge in [0.05, 0.1) is 0 Å². The van der Waals surface area contributed by atoms with Crippen LogP contribution in [0.25, 0.3) is 11.5 Å². The molecule has 5 heteroatoms. The van der Waals surface area contributed by atoms with Gasteiger partial charge in [0.1, 0.15) is 5.69 Å². The predicted molar refractivity (Wildman–Crippen MR) is 89.3 cm³/mol. The largest absolute Gasteiger partial charge is 0.316 e. The van der Waals surface area contributed by atoms with Crippen molar-refractivity contribution < 1.29 is 0 Å². The Morgan fingerprint density at radius 2 is 1.86 bits per heavy atom. The van der Waals surface area contributed by atoms with Crippen molar-refractivity contribution in [2.24, 2.45) is 0 Å². The lowest BCUT2D eigenvalue weighted by atomic mass is 10.1. The molecule has 2 aromatic heterocycles. The average molecular weight is 349 g/mol. The number of pyridine rings is 1. The normalized spacial score (nSPS) is 10.9. The molecular weight excluding hydrogens is 328 g/mol. The molecule has 1 N–H and O–H groups in total. The van der Waals surface area contributed by atoms with Crippen LogP contribution in [0.1, 0.15) is 30.3 Å². The van der Waals surface area contributed by atoms with E-state index in [1.165, 1.54) is 5.56 Å². The average Bonchev–Trinajstić information content (AvgIpc) is 2.46. The van der Waals surface area contributed by atoms with Crippen LogP contribution in [-0.4, -0.2) is 28.0 Å². The van der Waals surface area contributed by atoms with E-state index in [4.69, 9.17) is 0 Å². The third-order valence-electron chi connectivity index (χ3n) is 3.37. The first-order valence-corrected chi connectivity index (χ1v) is 8.08. The second-order valence-corrected chi connectivity index (χ2v) is 5.88. The molecule has 0 atom stereocenters. The highest BCUT2D eigenvalue weighted by molar-refractivity contribution is 9.10. The van der Waals surface area contributed by atoms with Gasteiger partial charge in [-0.2, -0.15) is 0 Å². The first-order chi connectivity index (χ1) is 10.1. The molecule has 0 radical (unpaired) electrons. The number of aromatic nitrogens is 3. The Labute approximate surface area is 134 Å². The summed E-state index contributed by atoms with van der Waals surface area (Å²) in [5.41, 5.74) is 4.09. The van der Waals surface area contributed by atoms with E-state index in [9.17, 15) is 0 Å². The molecule has 0 fully saturated rings. The molecule has 2 aromatic rings. The van der Waals surface area contributed by atoms with Gasteiger partial charge in [-0.3, -0.25) is 4.98 Å². The van der Waals surface area contributed by atoms with Gasteiger partial charge in [0.25, 0.3) is 0 Å². The summed E-state index contributed by atoms with van der Waals surface area (Å²) in [7, 11) is 0. The lowest BCUT2D eigenvalue weighted by molar-refractivity contribution is 0.666.